The number of para-hydroxylation sites is 1. The molecule has 0 aliphatic carbocycles. The van der Waals surface area contributed by atoms with Crippen molar-refractivity contribution in [1.82, 2.24) is 5.01 Å². The maximum absolute atomic E-state index is 7.81. The highest BCUT2D eigenvalue weighted by atomic mass is 16.5. The summed E-state index contributed by atoms with van der Waals surface area (Å²) in [6, 6.07) is 17.6. The molecule has 5 heteroatoms. The third kappa shape index (κ3) is 2.53. The second-order valence-corrected chi connectivity index (χ2v) is 5.10. The number of rotatable bonds is 3. The molecule has 0 saturated heterocycles. The molecule has 3 rings (SSSR count). The molecule has 0 aromatic heterocycles. The van der Waals surface area contributed by atoms with Gasteiger partial charge in [-0.2, -0.15) is 5.10 Å². The van der Waals surface area contributed by atoms with Crippen molar-refractivity contribution in [3.8, 4) is 5.75 Å². The lowest BCUT2D eigenvalue weighted by Gasteiger charge is -2.23. The molecular weight excluding hydrogens is 276 g/mol. The summed E-state index contributed by atoms with van der Waals surface area (Å²) in [6.07, 6.45) is 0.684. The van der Waals surface area contributed by atoms with Crippen molar-refractivity contribution in [1.29, 1.82) is 5.41 Å². The van der Waals surface area contributed by atoms with E-state index in [1.54, 1.807) is 12.1 Å². The molecule has 1 unspecified atom stereocenters. The summed E-state index contributed by atoms with van der Waals surface area (Å²) < 4.78 is 5.44. The lowest BCUT2D eigenvalue weighted by atomic mass is 9.98. The lowest BCUT2D eigenvalue weighted by molar-refractivity contribution is 0.342. The number of nitrogens with one attached hydrogen (secondary N) is 1. The molecule has 1 aliphatic heterocycles. The van der Waals surface area contributed by atoms with E-state index in [1.807, 2.05) is 54.6 Å². The number of ether oxygens (including phenoxy) is 1. The Bertz CT molecular complexity index is 712. The van der Waals surface area contributed by atoms with Gasteiger partial charge in [0.1, 0.15) is 5.75 Å². The second-order valence-electron chi connectivity index (χ2n) is 5.10. The quantitative estimate of drug-likeness (QED) is 0.675. The number of nitrogens with zero attached hydrogens (tertiary/aromatic N) is 2. The van der Waals surface area contributed by atoms with Crippen LogP contribution in [0.2, 0.25) is 0 Å². The Kier molecular flexibility index (Phi) is 3.78. The van der Waals surface area contributed by atoms with Gasteiger partial charge in [-0.3, -0.25) is 5.41 Å². The van der Waals surface area contributed by atoms with Crippen molar-refractivity contribution in [2.75, 3.05) is 7.11 Å². The van der Waals surface area contributed by atoms with Crippen molar-refractivity contribution >= 4 is 11.7 Å². The zero-order valence-electron chi connectivity index (χ0n) is 12.4. The maximum atomic E-state index is 7.81. The van der Waals surface area contributed by atoms with Crippen LogP contribution in [0.25, 0.3) is 0 Å². The number of methoxy groups -OCH3 is 1. The highest BCUT2D eigenvalue weighted by molar-refractivity contribution is 6.03. The van der Waals surface area contributed by atoms with Crippen molar-refractivity contribution in [3.05, 3.63) is 65.7 Å². The molecule has 1 aliphatic rings. The van der Waals surface area contributed by atoms with E-state index in [0.29, 0.717) is 6.42 Å². The van der Waals surface area contributed by atoms with Gasteiger partial charge in [-0.15, -0.1) is 0 Å². The van der Waals surface area contributed by atoms with E-state index in [-0.39, 0.29) is 12.0 Å². The van der Waals surface area contributed by atoms with Crippen molar-refractivity contribution in [2.45, 2.75) is 12.5 Å². The molecule has 112 valence electrons. The Balaban J connectivity index is 1.98. The Morgan fingerprint density at radius 3 is 2.55 bits per heavy atom. The van der Waals surface area contributed by atoms with E-state index < -0.39 is 0 Å². The average molecular weight is 294 g/mol. The molecule has 2 aromatic rings. The lowest BCUT2D eigenvalue weighted by Crippen LogP contribution is -2.32. The number of hydrogen-bond acceptors (Lipinski definition) is 3. The number of guanidine groups is 1. The minimum Gasteiger partial charge on any atom is -0.496 e. The van der Waals surface area contributed by atoms with E-state index in [0.717, 1.165) is 22.6 Å². The molecule has 0 radical (unpaired) electrons. The first-order chi connectivity index (χ1) is 10.7. The summed E-state index contributed by atoms with van der Waals surface area (Å²) in [4.78, 5) is 0. The van der Waals surface area contributed by atoms with Crippen LogP contribution in [0.15, 0.2) is 59.7 Å². The van der Waals surface area contributed by atoms with Gasteiger partial charge in [0.15, 0.2) is 0 Å². The van der Waals surface area contributed by atoms with Crippen molar-refractivity contribution < 1.29 is 4.74 Å². The summed E-state index contributed by atoms with van der Waals surface area (Å²) in [7, 11) is 1.64. The molecule has 3 N–H and O–H groups in total. The summed E-state index contributed by atoms with van der Waals surface area (Å²) >= 11 is 0. The summed E-state index contributed by atoms with van der Waals surface area (Å²) in [5.41, 5.74) is 8.67. The molecule has 1 atom stereocenters. The molecular formula is C17H18N4O. The van der Waals surface area contributed by atoms with Crippen molar-refractivity contribution in [3.63, 3.8) is 0 Å². The molecule has 1 heterocycles. The van der Waals surface area contributed by atoms with E-state index in [4.69, 9.17) is 15.9 Å². The van der Waals surface area contributed by atoms with Gasteiger partial charge in [-0.05, 0) is 11.6 Å². The van der Waals surface area contributed by atoms with Gasteiger partial charge < -0.3 is 10.5 Å². The topological polar surface area (TPSA) is 74.7 Å². The zero-order chi connectivity index (χ0) is 15.5. The fourth-order valence-electron chi connectivity index (χ4n) is 2.72. The molecule has 2 aromatic carbocycles. The van der Waals surface area contributed by atoms with Gasteiger partial charge in [-0.1, -0.05) is 48.5 Å². The summed E-state index contributed by atoms with van der Waals surface area (Å²) in [5.74, 6) is 0.713. The summed E-state index contributed by atoms with van der Waals surface area (Å²) in [5, 5.41) is 13.9. The van der Waals surface area contributed by atoms with Gasteiger partial charge in [0.25, 0.3) is 0 Å². The van der Waals surface area contributed by atoms with Crippen molar-refractivity contribution in [2.24, 2.45) is 10.8 Å². The molecule has 22 heavy (non-hydrogen) atoms. The van der Waals surface area contributed by atoms with E-state index in [1.165, 1.54) is 0 Å². The number of hydrazone groups is 1. The molecule has 0 fully saturated rings. The Morgan fingerprint density at radius 2 is 1.86 bits per heavy atom. The number of hydrogen-bond donors (Lipinski definition) is 2. The minimum atomic E-state index is -0.121. The first-order valence-electron chi connectivity index (χ1n) is 7.09. The van der Waals surface area contributed by atoms with Gasteiger partial charge in [0.2, 0.25) is 5.96 Å². The smallest absolute Gasteiger partial charge is 0.209 e. The monoisotopic (exact) mass is 294 g/mol. The highest BCUT2D eigenvalue weighted by Crippen LogP contribution is 2.36. The zero-order valence-corrected chi connectivity index (χ0v) is 12.4. The van der Waals surface area contributed by atoms with Gasteiger partial charge in [0.05, 0.1) is 18.9 Å². The fraction of sp³-hybridized carbons (Fsp3) is 0.176. The fourth-order valence-corrected chi connectivity index (χ4v) is 2.72. The molecule has 0 spiro atoms. The van der Waals surface area contributed by atoms with Crippen LogP contribution in [0.5, 0.6) is 5.75 Å². The van der Waals surface area contributed by atoms with Crippen LogP contribution < -0.4 is 10.5 Å². The molecule has 5 nitrogen and oxygen atoms in total. The van der Waals surface area contributed by atoms with E-state index in [9.17, 15) is 0 Å². The predicted octanol–water partition coefficient (Wildman–Crippen LogP) is 2.74. The standard InChI is InChI=1S/C17H18N4O/c1-22-16-10-6-5-9-13(16)15-11-14(20-21(15)17(18)19)12-7-3-2-4-8-12/h2-10,15H,11H2,1H3,(H3,18,19). The highest BCUT2D eigenvalue weighted by Gasteiger charge is 2.32. The maximum Gasteiger partial charge on any atom is 0.209 e. The first kappa shape index (κ1) is 14.1. The van der Waals surface area contributed by atoms with Gasteiger partial charge >= 0.3 is 0 Å². The SMILES string of the molecule is COc1ccccc1C1CC(c2ccccc2)=NN1C(=N)N. The number of benzene rings is 2. The average Bonchev–Trinajstić information content (AvgIpc) is 3.01. The van der Waals surface area contributed by atoms with Crippen LogP contribution in [-0.2, 0) is 0 Å². The first-order valence-corrected chi connectivity index (χ1v) is 7.09. The molecule has 0 bridgehead atoms. The Hall–Kier alpha value is -2.82. The van der Waals surface area contributed by atoms with Gasteiger partial charge in [0, 0.05) is 12.0 Å². The van der Waals surface area contributed by atoms with Crippen LogP contribution in [0.3, 0.4) is 0 Å². The Labute approximate surface area is 129 Å². The normalized spacial score (nSPS) is 17.2. The molecule has 0 saturated carbocycles. The predicted molar refractivity (Wildman–Crippen MR) is 87.1 cm³/mol. The second kappa shape index (κ2) is 5.89. The van der Waals surface area contributed by atoms with Crippen LogP contribution in [0, 0.1) is 5.41 Å². The third-order valence-electron chi connectivity index (χ3n) is 3.76. The number of nitrogens with two attached hydrogens (primary N) is 1. The van der Waals surface area contributed by atoms with Crippen LogP contribution >= 0.6 is 0 Å². The summed E-state index contributed by atoms with van der Waals surface area (Å²) in [6.45, 7) is 0. The molecule has 0 amide bonds. The minimum absolute atomic E-state index is 0.0677. The van der Waals surface area contributed by atoms with Crippen LogP contribution in [0.4, 0.5) is 0 Å². The largest absolute Gasteiger partial charge is 0.496 e. The van der Waals surface area contributed by atoms with E-state index in [2.05, 4.69) is 5.10 Å². The van der Waals surface area contributed by atoms with Crippen LogP contribution in [0.1, 0.15) is 23.6 Å². The van der Waals surface area contributed by atoms with Crippen LogP contribution in [-0.4, -0.2) is 23.8 Å². The Morgan fingerprint density at radius 1 is 1.18 bits per heavy atom. The van der Waals surface area contributed by atoms with Gasteiger partial charge in [-0.25, -0.2) is 5.01 Å². The third-order valence-corrected chi connectivity index (χ3v) is 3.76. The van der Waals surface area contributed by atoms with E-state index >= 15 is 0 Å².